The van der Waals surface area contributed by atoms with Crippen LogP contribution in [-0.4, -0.2) is 5.54 Å². The molecule has 0 aromatic heterocycles. The molecular formula is C19H42N2. The van der Waals surface area contributed by atoms with Gasteiger partial charge in [0.2, 0.25) is 0 Å². The largest absolute Gasteiger partial charge is 0.271 e. The molecular weight excluding hydrogens is 256 g/mol. The highest BCUT2D eigenvalue weighted by atomic mass is 15.3. The van der Waals surface area contributed by atoms with E-state index in [4.69, 9.17) is 5.84 Å². The summed E-state index contributed by atoms with van der Waals surface area (Å²) < 4.78 is 0. The van der Waals surface area contributed by atoms with E-state index in [-0.39, 0.29) is 5.54 Å². The number of rotatable bonds is 16. The molecule has 0 heterocycles. The molecule has 0 saturated carbocycles. The fourth-order valence-corrected chi connectivity index (χ4v) is 3.21. The van der Waals surface area contributed by atoms with Gasteiger partial charge in [0.15, 0.2) is 0 Å². The molecule has 2 nitrogen and oxygen atoms in total. The Bertz CT molecular complexity index is 182. The van der Waals surface area contributed by atoms with Crippen LogP contribution in [0.3, 0.4) is 0 Å². The highest BCUT2D eigenvalue weighted by Gasteiger charge is 2.25. The van der Waals surface area contributed by atoms with Crippen LogP contribution in [0, 0.1) is 0 Å². The smallest absolute Gasteiger partial charge is 0.0318 e. The maximum atomic E-state index is 5.89. The first-order valence-corrected chi connectivity index (χ1v) is 9.72. The maximum Gasteiger partial charge on any atom is 0.0318 e. The summed E-state index contributed by atoms with van der Waals surface area (Å²) in [6.45, 7) is 6.84. The van der Waals surface area contributed by atoms with Crippen LogP contribution in [0.2, 0.25) is 0 Å². The molecule has 21 heavy (non-hydrogen) atoms. The minimum absolute atomic E-state index is 0.204. The first-order valence-electron chi connectivity index (χ1n) is 9.72. The third kappa shape index (κ3) is 11.2. The zero-order valence-electron chi connectivity index (χ0n) is 15.2. The monoisotopic (exact) mass is 298 g/mol. The van der Waals surface area contributed by atoms with Crippen LogP contribution in [0.1, 0.15) is 117 Å². The van der Waals surface area contributed by atoms with Crippen LogP contribution < -0.4 is 11.3 Å². The lowest BCUT2D eigenvalue weighted by Gasteiger charge is -2.32. The lowest BCUT2D eigenvalue weighted by atomic mass is 9.84. The molecule has 3 N–H and O–H groups in total. The van der Waals surface area contributed by atoms with E-state index in [0.29, 0.717) is 0 Å². The number of hydrogen-bond acceptors (Lipinski definition) is 2. The van der Waals surface area contributed by atoms with Gasteiger partial charge >= 0.3 is 0 Å². The SMILES string of the molecule is CCCCCCCCC(CC)(CCCCCCCC)NN. The van der Waals surface area contributed by atoms with Crippen LogP contribution in [0.15, 0.2) is 0 Å². The van der Waals surface area contributed by atoms with Gasteiger partial charge in [-0.05, 0) is 19.3 Å². The highest BCUT2D eigenvalue weighted by Crippen LogP contribution is 2.25. The fraction of sp³-hybridized carbons (Fsp3) is 1.00. The van der Waals surface area contributed by atoms with Crippen molar-refractivity contribution in [3.05, 3.63) is 0 Å². The van der Waals surface area contributed by atoms with Crippen molar-refractivity contribution in [2.24, 2.45) is 5.84 Å². The molecule has 0 aliphatic heterocycles. The van der Waals surface area contributed by atoms with Gasteiger partial charge in [-0.3, -0.25) is 11.3 Å². The molecule has 0 aromatic rings. The van der Waals surface area contributed by atoms with Crippen molar-refractivity contribution in [3.63, 3.8) is 0 Å². The van der Waals surface area contributed by atoms with Crippen molar-refractivity contribution < 1.29 is 0 Å². The molecule has 0 atom stereocenters. The molecule has 0 bridgehead atoms. The van der Waals surface area contributed by atoms with Gasteiger partial charge in [0.1, 0.15) is 0 Å². The number of unbranched alkanes of at least 4 members (excludes halogenated alkanes) is 10. The first kappa shape index (κ1) is 20.9. The normalized spacial score (nSPS) is 12.0. The molecule has 2 heteroatoms. The summed E-state index contributed by atoms with van der Waals surface area (Å²) in [7, 11) is 0. The predicted octanol–water partition coefficient (Wildman–Crippen LogP) is 6.10. The third-order valence-electron chi connectivity index (χ3n) is 5.00. The zero-order valence-corrected chi connectivity index (χ0v) is 15.2. The van der Waals surface area contributed by atoms with Crippen LogP contribution in [0.4, 0.5) is 0 Å². The summed E-state index contributed by atoms with van der Waals surface area (Å²) in [6.07, 6.45) is 20.1. The first-order chi connectivity index (χ1) is 10.2. The van der Waals surface area contributed by atoms with Crippen molar-refractivity contribution in [3.8, 4) is 0 Å². The Morgan fingerprint density at radius 3 is 1.33 bits per heavy atom. The number of nitrogens with two attached hydrogens (primary N) is 1. The van der Waals surface area contributed by atoms with Crippen molar-refractivity contribution in [2.75, 3.05) is 0 Å². The molecule has 0 saturated heterocycles. The molecule has 0 spiro atoms. The molecule has 0 aliphatic carbocycles. The second-order valence-corrected chi connectivity index (χ2v) is 6.81. The van der Waals surface area contributed by atoms with Gasteiger partial charge in [-0.1, -0.05) is 97.8 Å². The van der Waals surface area contributed by atoms with Crippen molar-refractivity contribution in [1.29, 1.82) is 0 Å². The second-order valence-electron chi connectivity index (χ2n) is 6.81. The lowest BCUT2D eigenvalue weighted by molar-refractivity contribution is 0.255. The van der Waals surface area contributed by atoms with Gasteiger partial charge in [-0.25, -0.2) is 0 Å². The van der Waals surface area contributed by atoms with Crippen molar-refractivity contribution in [2.45, 2.75) is 123 Å². The second kappa shape index (κ2) is 14.8. The lowest BCUT2D eigenvalue weighted by Crippen LogP contribution is -2.48. The summed E-state index contributed by atoms with van der Waals surface area (Å²) in [5.41, 5.74) is 3.37. The topological polar surface area (TPSA) is 38.0 Å². The van der Waals surface area contributed by atoms with Crippen LogP contribution in [-0.2, 0) is 0 Å². The predicted molar refractivity (Wildman–Crippen MR) is 96.3 cm³/mol. The van der Waals surface area contributed by atoms with Gasteiger partial charge in [-0.2, -0.15) is 0 Å². The molecule has 0 fully saturated rings. The van der Waals surface area contributed by atoms with E-state index in [0.717, 1.165) is 6.42 Å². The van der Waals surface area contributed by atoms with Crippen molar-refractivity contribution >= 4 is 0 Å². The molecule has 0 amide bonds. The Balaban J connectivity index is 3.78. The molecule has 0 rings (SSSR count). The van der Waals surface area contributed by atoms with E-state index in [9.17, 15) is 0 Å². The van der Waals surface area contributed by atoms with E-state index < -0.39 is 0 Å². The summed E-state index contributed by atoms with van der Waals surface area (Å²) in [6, 6.07) is 0. The van der Waals surface area contributed by atoms with Crippen LogP contribution in [0.25, 0.3) is 0 Å². The zero-order chi connectivity index (χ0) is 15.8. The Hall–Kier alpha value is -0.0800. The summed E-state index contributed by atoms with van der Waals surface area (Å²) in [4.78, 5) is 0. The number of hydrazine groups is 1. The quantitative estimate of drug-likeness (QED) is 0.205. The fourth-order valence-electron chi connectivity index (χ4n) is 3.21. The van der Waals surface area contributed by atoms with Crippen LogP contribution in [0.5, 0.6) is 0 Å². The Morgan fingerprint density at radius 2 is 1.00 bits per heavy atom. The Morgan fingerprint density at radius 1 is 0.619 bits per heavy atom. The molecule has 0 unspecified atom stereocenters. The minimum Gasteiger partial charge on any atom is -0.271 e. The van der Waals surface area contributed by atoms with Gasteiger partial charge < -0.3 is 0 Å². The third-order valence-corrected chi connectivity index (χ3v) is 5.00. The van der Waals surface area contributed by atoms with Gasteiger partial charge in [0.05, 0.1) is 0 Å². The van der Waals surface area contributed by atoms with Gasteiger partial charge in [0.25, 0.3) is 0 Å². The summed E-state index contributed by atoms with van der Waals surface area (Å²) in [5.74, 6) is 5.89. The number of nitrogens with one attached hydrogen (secondary N) is 1. The highest BCUT2D eigenvalue weighted by molar-refractivity contribution is 4.84. The molecule has 0 aromatic carbocycles. The van der Waals surface area contributed by atoms with Gasteiger partial charge in [-0.15, -0.1) is 0 Å². The van der Waals surface area contributed by atoms with Crippen LogP contribution >= 0.6 is 0 Å². The molecule has 0 aliphatic rings. The standard InChI is InChI=1S/C19H42N2/c1-4-7-9-11-13-15-17-19(6-3,21-20)18-16-14-12-10-8-5-2/h21H,4-18,20H2,1-3H3. The average molecular weight is 299 g/mol. The van der Waals surface area contributed by atoms with E-state index in [1.165, 1.54) is 89.9 Å². The molecule has 128 valence electrons. The molecule has 0 radical (unpaired) electrons. The van der Waals surface area contributed by atoms with E-state index in [1.807, 2.05) is 0 Å². The average Bonchev–Trinajstić information content (AvgIpc) is 2.52. The summed E-state index contributed by atoms with van der Waals surface area (Å²) >= 11 is 0. The summed E-state index contributed by atoms with van der Waals surface area (Å²) in [5, 5.41) is 0. The van der Waals surface area contributed by atoms with Crippen molar-refractivity contribution in [1.82, 2.24) is 5.43 Å². The number of hydrogen-bond donors (Lipinski definition) is 2. The Labute approximate surface area is 134 Å². The van der Waals surface area contributed by atoms with E-state index in [2.05, 4.69) is 26.2 Å². The van der Waals surface area contributed by atoms with E-state index in [1.54, 1.807) is 0 Å². The minimum atomic E-state index is 0.204. The van der Waals surface area contributed by atoms with E-state index >= 15 is 0 Å². The van der Waals surface area contributed by atoms with Gasteiger partial charge in [0, 0.05) is 5.54 Å². The maximum absolute atomic E-state index is 5.89. The Kier molecular flexibility index (Phi) is 14.8.